The van der Waals surface area contributed by atoms with E-state index in [1.807, 2.05) is 49.4 Å². The number of para-hydroxylation sites is 1. The standard InChI is InChI=1S/C19H19N3O3/c1-14-16(12-20-22(14)15-6-3-2-4-7-15)19(23)21-9-11-25-18(13-21)17-8-5-10-24-17/h2-8,10,12,18H,9,11,13H2,1H3/t18-/m0/s1. The zero-order valence-electron chi connectivity index (χ0n) is 14.0. The largest absolute Gasteiger partial charge is 0.467 e. The van der Waals surface area contributed by atoms with Gasteiger partial charge >= 0.3 is 0 Å². The first-order chi connectivity index (χ1) is 12.2. The minimum absolute atomic E-state index is 0.0282. The number of ether oxygens (including phenoxy) is 1. The van der Waals surface area contributed by atoms with Gasteiger partial charge in [-0.2, -0.15) is 5.10 Å². The van der Waals surface area contributed by atoms with Crippen LogP contribution in [-0.2, 0) is 4.74 Å². The van der Waals surface area contributed by atoms with Crippen molar-refractivity contribution in [3.8, 4) is 5.69 Å². The SMILES string of the molecule is Cc1c(C(=O)N2CCO[C@H](c3ccco3)C2)cnn1-c1ccccc1. The van der Waals surface area contributed by atoms with E-state index >= 15 is 0 Å². The van der Waals surface area contributed by atoms with Crippen LogP contribution in [0.5, 0.6) is 0 Å². The minimum atomic E-state index is -0.225. The summed E-state index contributed by atoms with van der Waals surface area (Å²) in [6.07, 6.45) is 3.03. The molecule has 2 aromatic heterocycles. The maximum Gasteiger partial charge on any atom is 0.257 e. The van der Waals surface area contributed by atoms with Crippen LogP contribution in [0.1, 0.15) is 27.9 Å². The van der Waals surface area contributed by atoms with Gasteiger partial charge in [-0.25, -0.2) is 4.68 Å². The molecule has 1 amide bonds. The number of aromatic nitrogens is 2. The van der Waals surface area contributed by atoms with Crippen LogP contribution in [0, 0.1) is 6.92 Å². The van der Waals surface area contributed by atoms with Gasteiger partial charge in [-0.15, -0.1) is 0 Å². The molecule has 6 nitrogen and oxygen atoms in total. The summed E-state index contributed by atoms with van der Waals surface area (Å²) in [6, 6.07) is 13.5. The second-order valence-corrected chi connectivity index (χ2v) is 6.02. The van der Waals surface area contributed by atoms with Crippen molar-refractivity contribution in [2.75, 3.05) is 19.7 Å². The molecule has 25 heavy (non-hydrogen) atoms. The normalized spacial score (nSPS) is 17.6. The Hall–Kier alpha value is -2.86. The molecule has 0 bridgehead atoms. The summed E-state index contributed by atoms with van der Waals surface area (Å²) in [5.74, 6) is 0.716. The molecule has 3 aromatic rings. The van der Waals surface area contributed by atoms with Gasteiger partial charge in [0.25, 0.3) is 5.91 Å². The highest BCUT2D eigenvalue weighted by atomic mass is 16.5. The van der Waals surface area contributed by atoms with Crippen LogP contribution >= 0.6 is 0 Å². The summed E-state index contributed by atoms with van der Waals surface area (Å²) in [5.41, 5.74) is 2.38. The third kappa shape index (κ3) is 2.96. The zero-order chi connectivity index (χ0) is 17.2. The van der Waals surface area contributed by atoms with E-state index in [0.29, 0.717) is 25.3 Å². The highest BCUT2D eigenvalue weighted by Crippen LogP contribution is 2.24. The molecule has 1 saturated heterocycles. The fourth-order valence-corrected chi connectivity index (χ4v) is 3.10. The number of benzene rings is 1. The number of amides is 1. The minimum Gasteiger partial charge on any atom is -0.467 e. The molecule has 6 heteroatoms. The van der Waals surface area contributed by atoms with Gasteiger partial charge in [-0.05, 0) is 31.2 Å². The number of furan rings is 1. The van der Waals surface area contributed by atoms with Gasteiger partial charge in [-0.3, -0.25) is 4.79 Å². The molecule has 0 radical (unpaired) electrons. The number of morpholine rings is 1. The van der Waals surface area contributed by atoms with E-state index in [1.165, 1.54) is 0 Å². The van der Waals surface area contributed by atoms with Gasteiger partial charge in [0.05, 0.1) is 42.6 Å². The number of nitrogens with zero attached hydrogens (tertiary/aromatic N) is 3. The Morgan fingerprint density at radius 2 is 2.04 bits per heavy atom. The smallest absolute Gasteiger partial charge is 0.257 e. The van der Waals surface area contributed by atoms with Crippen molar-refractivity contribution in [3.63, 3.8) is 0 Å². The lowest BCUT2D eigenvalue weighted by Crippen LogP contribution is -2.42. The number of carbonyl (C=O) groups excluding carboxylic acids is 1. The van der Waals surface area contributed by atoms with E-state index in [1.54, 1.807) is 22.0 Å². The third-order valence-electron chi connectivity index (χ3n) is 4.46. The summed E-state index contributed by atoms with van der Waals surface area (Å²) in [4.78, 5) is 14.8. The molecule has 0 unspecified atom stereocenters. The van der Waals surface area contributed by atoms with E-state index in [0.717, 1.165) is 17.1 Å². The van der Waals surface area contributed by atoms with Crippen LogP contribution in [0.4, 0.5) is 0 Å². The Morgan fingerprint density at radius 3 is 2.80 bits per heavy atom. The summed E-state index contributed by atoms with van der Waals surface area (Å²) in [6.45, 7) is 3.44. The van der Waals surface area contributed by atoms with Gasteiger partial charge in [0.1, 0.15) is 11.9 Å². The lowest BCUT2D eigenvalue weighted by atomic mass is 10.1. The van der Waals surface area contributed by atoms with Gasteiger partial charge in [0, 0.05) is 6.54 Å². The van der Waals surface area contributed by atoms with Crippen molar-refractivity contribution in [1.82, 2.24) is 14.7 Å². The Balaban J connectivity index is 1.56. The molecular weight excluding hydrogens is 318 g/mol. The molecule has 3 heterocycles. The molecular formula is C19H19N3O3. The molecule has 1 aromatic carbocycles. The molecule has 0 N–H and O–H groups in total. The molecule has 1 aliphatic heterocycles. The summed E-state index contributed by atoms with van der Waals surface area (Å²) >= 11 is 0. The van der Waals surface area contributed by atoms with Crippen LogP contribution < -0.4 is 0 Å². The number of hydrogen-bond donors (Lipinski definition) is 0. The van der Waals surface area contributed by atoms with Crippen molar-refractivity contribution in [2.24, 2.45) is 0 Å². The van der Waals surface area contributed by atoms with E-state index < -0.39 is 0 Å². The van der Waals surface area contributed by atoms with Crippen molar-refractivity contribution in [1.29, 1.82) is 0 Å². The number of hydrogen-bond acceptors (Lipinski definition) is 4. The predicted octanol–water partition coefficient (Wildman–Crippen LogP) is 2.99. The van der Waals surface area contributed by atoms with Crippen LogP contribution in [-0.4, -0.2) is 40.3 Å². The van der Waals surface area contributed by atoms with Gasteiger partial charge in [-0.1, -0.05) is 18.2 Å². The average Bonchev–Trinajstić information content (AvgIpc) is 3.32. The second-order valence-electron chi connectivity index (χ2n) is 6.02. The van der Waals surface area contributed by atoms with Gasteiger partial charge < -0.3 is 14.1 Å². The van der Waals surface area contributed by atoms with Crippen molar-refractivity contribution >= 4 is 5.91 Å². The van der Waals surface area contributed by atoms with Crippen molar-refractivity contribution in [2.45, 2.75) is 13.0 Å². The van der Waals surface area contributed by atoms with Crippen LogP contribution in [0.15, 0.2) is 59.3 Å². The zero-order valence-corrected chi connectivity index (χ0v) is 14.0. The molecule has 0 spiro atoms. The number of carbonyl (C=O) groups is 1. The van der Waals surface area contributed by atoms with Crippen LogP contribution in [0.2, 0.25) is 0 Å². The maximum absolute atomic E-state index is 13.0. The van der Waals surface area contributed by atoms with E-state index in [4.69, 9.17) is 9.15 Å². The molecule has 0 saturated carbocycles. The molecule has 4 rings (SSSR count). The monoisotopic (exact) mass is 337 g/mol. The van der Waals surface area contributed by atoms with Crippen LogP contribution in [0.25, 0.3) is 5.69 Å². The fourth-order valence-electron chi connectivity index (χ4n) is 3.10. The Morgan fingerprint density at radius 1 is 1.20 bits per heavy atom. The lowest BCUT2D eigenvalue weighted by Gasteiger charge is -2.31. The molecule has 1 atom stereocenters. The maximum atomic E-state index is 13.0. The first-order valence-corrected chi connectivity index (χ1v) is 8.28. The highest BCUT2D eigenvalue weighted by molar-refractivity contribution is 5.95. The second kappa shape index (κ2) is 6.57. The van der Waals surface area contributed by atoms with E-state index in [9.17, 15) is 4.79 Å². The topological polar surface area (TPSA) is 60.5 Å². The lowest BCUT2D eigenvalue weighted by molar-refractivity contribution is -0.0321. The molecule has 1 aliphatic rings. The summed E-state index contributed by atoms with van der Waals surface area (Å²) < 4.78 is 12.9. The van der Waals surface area contributed by atoms with Crippen molar-refractivity contribution in [3.05, 3.63) is 71.9 Å². The summed E-state index contributed by atoms with van der Waals surface area (Å²) in [7, 11) is 0. The highest BCUT2D eigenvalue weighted by Gasteiger charge is 2.29. The Bertz CT molecular complexity index is 855. The summed E-state index contributed by atoms with van der Waals surface area (Å²) in [5, 5.41) is 4.39. The first kappa shape index (κ1) is 15.7. The average molecular weight is 337 g/mol. The predicted molar refractivity (Wildman–Crippen MR) is 91.6 cm³/mol. The van der Waals surface area contributed by atoms with Gasteiger partial charge in [0.2, 0.25) is 0 Å². The van der Waals surface area contributed by atoms with Crippen molar-refractivity contribution < 1.29 is 13.9 Å². The van der Waals surface area contributed by atoms with E-state index in [2.05, 4.69) is 5.10 Å². The first-order valence-electron chi connectivity index (χ1n) is 8.28. The van der Waals surface area contributed by atoms with E-state index in [-0.39, 0.29) is 12.0 Å². The van der Waals surface area contributed by atoms with Gasteiger partial charge in [0.15, 0.2) is 0 Å². The quantitative estimate of drug-likeness (QED) is 0.737. The molecule has 1 fully saturated rings. The molecule has 128 valence electrons. The Kier molecular flexibility index (Phi) is 4.11. The molecule has 0 aliphatic carbocycles. The Labute approximate surface area is 145 Å². The van der Waals surface area contributed by atoms with Crippen LogP contribution in [0.3, 0.4) is 0 Å². The fraction of sp³-hybridized carbons (Fsp3) is 0.263. The third-order valence-corrected chi connectivity index (χ3v) is 4.46. The number of rotatable bonds is 3.